The molecular weight excluding hydrogens is 250 g/mol. The summed E-state index contributed by atoms with van der Waals surface area (Å²) in [6.45, 7) is 9.05. The summed E-state index contributed by atoms with van der Waals surface area (Å²) >= 11 is 0. The average Bonchev–Trinajstić information content (AvgIpc) is 2.43. The highest BCUT2D eigenvalue weighted by Gasteiger charge is 2.32. The van der Waals surface area contributed by atoms with Crippen molar-refractivity contribution in [1.82, 2.24) is 9.80 Å². The van der Waals surface area contributed by atoms with Crippen molar-refractivity contribution >= 4 is 5.91 Å². The molecule has 2 aliphatic heterocycles. The summed E-state index contributed by atoms with van der Waals surface area (Å²) in [4.78, 5) is 17.1. The first-order chi connectivity index (χ1) is 9.60. The molecule has 0 saturated carbocycles. The minimum absolute atomic E-state index is 0.153. The van der Waals surface area contributed by atoms with Crippen LogP contribution in [0.15, 0.2) is 0 Å². The molecule has 0 aromatic rings. The Balaban J connectivity index is 1.89. The van der Waals surface area contributed by atoms with Gasteiger partial charge in [0.25, 0.3) is 0 Å². The van der Waals surface area contributed by atoms with Gasteiger partial charge in [-0.15, -0.1) is 0 Å². The molecule has 0 bridgehead atoms. The van der Waals surface area contributed by atoms with Crippen LogP contribution in [0.5, 0.6) is 0 Å². The Labute approximate surface area is 122 Å². The van der Waals surface area contributed by atoms with Gasteiger partial charge in [-0.25, -0.2) is 0 Å². The smallest absolute Gasteiger partial charge is 0.226 e. The third-order valence-electron chi connectivity index (χ3n) is 4.58. The molecule has 2 fully saturated rings. The van der Waals surface area contributed by atoms with E-state index >= 15 is 0 Å². The Morgan fingerprint density at radius 3 is 2.60 bits per heavy atom. The highest BCUT2D eigenvalue weighted by molar-refractivity contribution is 5.79. The van der Waals surface area contributed by atoms with Gasteiger partial charge in [0.05, 0.1) is 12.0 Å². The van der Waals surface area contributed by atoms with E-state index in [1.54, 1.807) is 0 Å². The van der Waals surface area contributed by atoms with Crippen molar-refractivity contribution in [2.75, 3.05) is 32.7 Å². The van der Waals surface area contributed by atoms with E-state index in [1.807, 2.05) is 0 Å². The van der Waals surface area contributed by atoms with Crippen LogP contribution in [-0.4, -0.2) is 48.4 Å². The maximum atomic E-state index is 12.7. The van der Waals surface area contributed by atoms with Gasteiger partial charge in [0, 0.05) is 32.6 Å². The second kappa shape index (κ2) is 7.08. The first kappa shape index (κ1) is 15.3. The number of amides is 1. The standard InChI is InChI=1S/C16H27N3O/c1-13-9-14(2)11-19(10-13)16(20)15-5-3-7-18(12-15)8-4-6-17/h13-15H,3-5,7-12H2,1-2H3. The lowest BCUT2D eigenvalue weighted by Gasteiger charge is -2.39. The lowest BCUT2D eigenvalue weighted by Crippen LogP contribution is -2.49. The summed E-state index contributed by atoms with van der Waals surface area (Å²) in [5.41, 5.74) is 0. The SMILES string of the molecule is CC1CC(C)CN(C(=O)C2CCCN(CCC#N)C2)C1. The Morgan fingerprint density at radius 2 is 1.95 bits per heavy atom. The van der Waals surface area contributed by atoms with Crippen molar-refractivity contribution in [1.29, 1.82) is 5.26 Å². The lowest BCUT2D eigenvalue weighted by atomic mass is 9.89. The van der Waals surface area contributed by atoms with Crippen molar-refractivity contribution in [2.45, 2.75) is 39.5 Å². The Bertz CT molecular complexity index is 366. The molecule has 4 nitrogen and oxygen atoms in total. The van der Waals surface area contributed by atoms with E-state index in [0.717, 1.165) is 45.6 Å². The molecule has 2 rings (SSSR count). The molecule has 4 heteroatoms. The molecule has 0 aliphatic carbocycles. The molecule has 3 atom stereocenters. The first-order valence-electron chi connectivity index (χ1n) is 7.98. The molecule has 20 heavy (non-hydrogen) atoms. The molecule has 0 N–H and O–H groups in total. The van der Waals surface area contributed by atoms with Crippen molar-refractivity contribution in [3.63, 3.8) is 0 Å². The monoisotopic (exact) mass is 277 g/mol. The predicted molar refractivity (Wildman–Crippen MR) is 78.9 cm³/mol. The van der Waals surface area contributed by atoms with E-state index in [0.29, 0.717) is 24.2 Å². The average molecular weight is 277 g/mol. The zero-order valence-corrected chi connectivity index (χ0v) is 12.8. The van der Waals surface area contributed by atoms with Gasteiger partial charge in [-0.1, -0.05) is 13.8 Å². The van der Waals surface area contributed by atoms with E-state index in [-0.39, 0.29) is 5.92 Å². The third-order valence-corrected chi connectivity index (χ3v) is 4.58. The van der Waals surface area contributed by atoms with Gasteiger partial charge in [-0.3, -0.25) is 4.79 Å². The van der Waals surface area contributed by atoms with E-state index < -0.39 is 0 Å². The van der Waals surface area contributed by atoms with Gasteiger partial charge < -0.3 is 9.80 Å². The largest absolute Gasteiger partial charge is 0.342 e. The van der Waals surface area contributed by atoms with Crippen molar-refractivity contribution in [3.05, 3.63) is 0 Å². The number of carbonyl (C=O) groups excluding carboxylic acids is 1. The van der Waals surface area contributed by atoms with E-state index in [2.05, 4.69) is 29.7 Å². The number of carbonyl (C=O) groups is 1. The fourth-order valence-corrected chi connectivity index (χ4v) is 3.77. The summed E-state index contributed by atoms with van der Waals surface area (Å²) in [5.74, 6) is 1.76. The van der Waals surface area contributed by atoms with Crippen LogP contribution in [-0.2, 0) is 4.79 Å². The zero-order valence-electron chi connectivity index (χ0n) is 12.8. The van der Waals surface area contributed by atoms with Gasteiger partial charge in [-0.05, 0) is 37.6 Å². The number of piperidine rings is 2. The van der Waals surface area contributed by atoms with Crippen LogP contribution in [0, 0.1) is 29.1 Å². The maximum Gasteiger partial charge on any atom is 0.226 e. The third kappa shape index (κ3) is 3.96. The van der Waals surface area contributed by atoms with Crippen molar-refractivity contribution in [2.24, 2.45) is 17.8 Å². The van der Waals surface area contributed by atoms with Crippen LogP contribution >= 0.6 is 0 Å². The first-order valence-corrected chi connectivity index (χ1v) is 7.98. The molecule has 0 aromatic heterocycles. The molecule has 2 aliphatic rings. The molecule has 0 aromatic carbocycles. The normalized spacial score (nSPS) is 31.9. The van der Waals surface area contributed by atoms with Gasteiger partial charge in [0.15, 0.2) is 0 Å². The maximum absolute atomic E-state index is 12.7. The van der Waals surface area contributed by atoms with Crippen LogP contribution in [0.25, 0.3) is 0 Å². The van der Waals surface area contributed by atoms with Crippen LogP contribution in [0.2, 0.25) is 0 Å². The van der Waals surface area contributed by atoms with Crippen LogP contribution in [0.3, 0.4) is 0 Å². The zero-order chi connectivity index (χ0) is 14.5. The molecule has 112 valence electrons. The number of nitriles is 1. The Kier molecular flexibility index (Phi) is 5.42. The van der Waals surface area contributed by atoms with Gasteiger partial charge in [0.1, 0.15) is 0 Å². The van der Waals surface area contributed by atoms with Gasteiger partial charge in [-0.2, -0.15) is 5.26 Å². The summed E-state index contributed by atoms with van der Waals surface area (Å²) in [5, 5.41) is 8.68. The minimum atomic E-state index is 0.153. The lowest BCUT2D eigenvalue weighted by molar-refractivity contribution is -0.140. The highest BCUT2D eigenvalue weighted by atomic mass is 16.2. The number of likely N-dealkylation sites (tertiary alicyclic amines) is 2. The second-order valence-corrected chi connectivity index (χ2v) is 6.74. The fraction of sp³-hybridized carbons (Fsp3) is 0.875. The van der Waals surface area contributed by atoms with Crippen molar-refractivity contribution in [3.8, 4) is 6.07 Å². The van der Waals surface area contributed by atoms with Gasteiger partial charge >= 0.3 is 0 Å². The number of nitrogens with zero attached hydrogens (tertiary/aromatic N) is 3. The summed E-state index contributed by atoms with van der Waals surface area (Å²) in [6.07, 6.45) is 3.91. The number of rotatable bonds is 3. The number of hydrogen-bond donors (Lipinski definition) is 0. The van der Waals surface area contributed by atoms with Gasteiger partial charge in [0.2, 0.25) is 5.91 Å². The summed E-state index contributed by atoms with van der Waals surface area (Å²) < 4.78 is 0. The van der Waals surface area contributed by atoms with E-state index in [9.17, 15) is 4.79 Å². The second-order valence-electron chi connectivity index (χ2n) is 6.74. The Morgan fingerprint density at radius 1 is 1.25 bits per heavy atom. The molecule has 2 heterocycles. The van der Waals surface area contributed by atoms with E-state index in [4.69, 9.17) is 5.26 Å². The molecule has 0 spiro atoms. The molecule has 1 amide bonds. The summed E-state index contributed by atoms with van der Waals surface area (Å²) in [6, 6.07) is 2.20. The molecule has 3 unspecified atom stereocenters. The minimum Gasteiger partial charge on any atom is -0.342 e. The molecular formula is C16H27N3O. The molecule has 2 saturated heterocycles. The molecule has 0 radical (unpaired) electrons. The predicted octanol–water partition coefficient (Wildman–Crippen LogP) is 2.12. The number of hydrogen-bond acceptors (Lipinski definition) is 3. The van der Waals surface area contributed by atoms with Crippen LogP contribution in [0.1, 0.15) is 39.5 Å². The topological polar surface area (TPSA) is 47.3 Å². The van der Waals surface area contributed by atoms with E-state index in [1.165, 1.54) is 6.42 Å². The highest BCUT2D eigenvalue weighted by Crippen LogP contribution is 2.25. The Hall–Kier alpha value is -1.08. The fourth-order valence-electron chi connectivity index (χ4n) is 3.77. The van der Waals surface area contributed by atoms with Crippen LogP contribution in [0.4, 0.5) is 0 Å². The van der Waals surface area contributed by atoms with Crippen molar-refractivity contribution < 1.29 is 4.79 Å². The quantitative estimate of drug-likeness (QED) is 0.794. The summed E-state index contributed by atoms with van der Waals surface area (Å²) in [7, 11) is 0. The van der Waals surface area contributed by atoms with Crippen LogP contribution < -0.4 is 0 Å².